The van der Waals surface area contributed by atoms with E-state index in [9.17, 15) is 19.8 Å². The van der Waals surface area contributed by atoms with Gasteiger partial charge in [-0.3, -0.25) is 9.59 Å². The van der Waals surface area contributed by atoms with Crippen LogP contribution in [0.5, 0.6) is 5.75 Å². The zero-order valence-corrected chi connectivity index (χ0v) is 21.7. The van der Waals surface area contributed by atoms with Gasteiger partial charge in [0.25, 0.3) is 5.91 Å². The van der Waals surface area contributed by atoms with E-state index in [1.54, 1.807) is 6.07 Å². The van der Waals surface area contributed by atoms with Crippen LogP contribution in [0.25, 0.3) is 0 Å². The summed E-state index contributed by atoms with van der Waals surface area (Å²) in [4.78, 5) is 24.5. The van der Waals surface area contributed by atoms with Gasteiger partial charge in [0, 0.05) is 36.2 Å². The minimum atomic E-state index is -1.14. The van der Waals surface area contributed by atoms with Crippen LogP contribution < -0.4 is 5.73 Å². The lowest BCUT2D eigenvalue weighted by molar-refractivity contribution is -0.948. The summed E-state index contributed by atoms with van der Waals surface area (Å²) in [5, 5.41) is 23.3. The number of carbonyl (C=O) groups excluding carboxylic acids is 2. The van der Waals surface area contributed by atoms with Crippen molar-refractivity contribution in [3.8, 4) is 5.75 Å². The average molecular weight is 462 g/mol. The molecule has 186 valence electrons. The quantitative estimate of drug-likeness (QED) is 0.584. The van der Waals surface area contributed by atoms with E-state index >= 15 is 0 Å². The predicted molar refractivity (Wildman–Crippen MR) is 132 cm³/mol. The summed E-state index contributed by atoms with van der Waals surface area (Å²) in [7, 11) is 2.22. The van der Waals surface area contributed by atoms with Crippen LogP contribution >= 0.6 is 0 Å². The lowest BCUT2D eigenvalue weighted by Gasteiger charge is -2.62. The number of carbonyl (C=O) groups is 2. The van der Waals surface area contributed by atoms with Crippen molar-refractivity contribution in [3.05, 3.63) is 28.8 Å². The molecule has 0 spiro atoms. The number of aromatic hydroxyl groups is 1. The Kier molecular flexibility index (Phi) is 8.40. The van der Waals surface area contributed by atoms with Crippen LogP contribution in [0.15, 0.2) is 12.1 Å². The molecule has 1 amide bonds. The second-order valence-corrected chi connectivity index (χ2v) is 9.99. The maximum Gasteiger partial charge on any atom is 0.252 e. The van der Waals surface area contributed by atoms with Crippen LogP contribution in [0.4, 0.5) is 0 Å². The topological polar surface area (TPSA) is 101 Å². The van der Waals surface area contributed by atoms with E-state index in [4.69, 9.17) is 5.73 Å². The summed E-state index contributed by atoms with van der Waals surface area (Å²) in [6.45, 7) is 13.8. The molecule has 1 aliphatic heterocycles. The average Bonchev–Trinajstić information content (AvgIpc) is 3.60. The molecule has 3 fully saturated rings. The van der Waals surface area contributed by atoms with Crippen molar-refractivity contribution in [1.82, 2.24) is 0 Å². The summed E-state index contributed by atoms with van der Waals surface area (Å²) < 4.78 is 0.784. The van der Waals surface area contributed by atoms with Gasteiger partial charge < -0.3 is 20.4 Å². The Bertz CT molecular complexity index is 881. The lowest BCUT2D eigenvalue weighted by atomic mass is 9.52. The Balaban J connectivity index is 0.000000914. The minimum Gasteiger partial charge on any atom is -0.507 e. The fraction of sp³-hybridized carbons (Fsp3) is 0.704. The van der Waals surface area contributed by atoms with Crippen LogP contribution in [-0.2, 0) is 10.2 Å². The van der Waals surface area contributed by atoms with Gasteiger partial charge in [0.05, 0.1) is 25.7 Å². The summed E-state index contributed by atoms with van der Waals surface area (Å²) in [5.41, 5.74) is 4.82. The number of benzene rings is 1. The molecule has 2 aliphatic carbocycles. The summed E-state index contributed by atoms with van der Waals surface area (Å²) in [6.07, 6.45) is 4.02. The highest BCUT2D eigenvalue weighted by Crippen LogP contribution is 2.58. The third kappa shape index (κ3) is 4.57. The second-order valence-electron chi connectivity index (χ2n) is 9.99. The number of hydrogen-bond acceptors (Lipinski definition) is 4. The van der Waals surface area contributed by atoms with Gasteiger partial charge >= 0.3 is 0 Å². The van der Waals surface area contributed by atoms with E-state index in [1.807, 2.05) is 34.6 Å². The van der Waals surface area contributed by atoms with Gasteiger partial charge in [0.1, 0.15) is 23.2 Å². The molecule has 1 aromatic carbocycles. The number of rotatable bonds is 4. The number of nitrogens with two attached hydrogens (primary N) is 1. The van der Waals surface area contributed by atoms with E-state index in [0.29, 0.717) is 24.8 Å². The normalized spacial score (nSPS) is 33.1. The van der Waals surface area contributed by atoms with Gasteiger partial charge in [-0.25, -0.2) is 0 Å². The highest BCUT2D eigenvalue weighted by atomic mass is 16.3. The highest BCUT2D eigenvalue weighted by Gasteiger charge is 2.66. The van der Waals surface area contributed by atoms with E-state index in [2.05, 4.69) is 14.0 Å². The van der Waals surface area contributed by atoms with Gasteiger partial charge in [-0.1, -0.05) is 33.8 Å². The number of aliphatic hydroxyl groups is 1. The van der Waals surface area contributed by atoms with Crippen molar-refractivity contribution in [3.63, 3.8) is 0 Å². The molecule has 4 rings (SSSR count). The molecule has 0 bridgehead atoms. The number of hydrogen-bond donors (Lipinski definition) is 3. The lowest BCUT2D eigenvalue weighted by Crippen LogP contribution is -2.75. The van der Waals surface area contributed by atoms with Crippen LogP contribution in [0.1, 0.15) is 94.6 Å². The van der Waals surface area contributed by atoms with Crippen molar-refractivity contribution >= 4 is 11.7 Å². The number of aryl methyl sites for hydroxylation is 1. The zero-order valence-electron chi connectivity index (χ0n) is 21.7. The number of Topliss-reactive ketones (excluding diaryl/α,β-unsaturated/α-hetero) is 1. The third-order valence-electron chi connectivity index (χ3n) is 8.29. The Hall–Kier alpha value is -1.92. The number of piperidine rings is 1. The maximum atomic E-state index is 12.6. The molecule has 4 atom stereocenters. The first-order chi connectivity index (χ1) is 15.5. The largest absolute Gasteiger partial charge is 0.507 e. The number of ketones is 1. The highest BCUT2D eigenvalue weighted by molar-refractivity contribution is 5.96. The van der Waals surface area contributed by atoms with E-state index in [0.717, 1.165) is 29.1 Å². The Labute approximate surface area is 199 Å². The fourth-order valence-electron chi connectivity index (χ4n) is 6.28. The van der Waals surface area contributed by atoms with Crippen molar-refractivity contribution in [2.45, 2.75) is 97.1 Å². The smallest absolute Gasteiger partial charge is 0.252 e. The SMILES string of the molecule is CC.CC.Cc1ccc(C(N)=O)c(O)c1C12CC[N+](C)(CC3CC3)C(C)C1(O)CCC(=O)C2. The molecule has 4 unspecified atom stereocenters. The molecule has 2 saturated carbocycles. The van der Waals surface area contributed by atoms with Crippen molar-refractivity contribution in [2.75, 3.05) is 20.1 Å². The van der Waals surface area contributed by atoms with Gasteiger partial charge in [0.15, 0.2) is 0 Å². The molecular weight excluding hydrogens is 416 g/mol. The molecule has 33 heavy (non-hydrogen) atoms. The van der Waals surface area contributed by atoms with Crippen LogP contribution in [0.3, 0.4) is 0 Å². The summed E-state index contributed by atoms with van der Waals surface area (Å²) in [5.74, 6) is -0.0549. The number of quaternary nitrogens is 1. The fourth-order valence-corrected chi connectivity index (χ4v) is 6.28. The van der Waals surface area contributed by atoms with E-state index < -0.39 is 16.9 Å². The molecule has 4 N–H and O–H groups in total. The molecule has 6 heteroatoms. The van der Waals surface area contributed by atoms with Gasteiger partial charge in [-0.05, 0) is 44.7 Å². The molecule has 1 heterocycles. The number of amides is 1. The number of likely N-dealkylation sites (N-methyl/N-ethyl adjacent to an activating group) is 1. The number of phenols is 1. The second kappa shape index (κ2) is 10.1. The van der Waals surface area contributed by atoms with E-state index in [1.165, 1.54) is 18.9 Å². The first-order valence-electron chi connectivity index (χ1n) is 12.8. The standard InChI is InChI=1S/C23H32N2O4.2C2H6/c1-14-4-7-18(21(24)28)20(27)19(14)22-10-11-25(3,13-16-5-6-16)15(2)23(22,29)9-8-17(26)12-22;2*1-2/h4,7,15-16,29H,5-6,8-13H2,1-3H3,(H2-,24,27,28);2*1-2H3/p+1. The van der Waals surface area contributed by atoms with Crippen molar-refractivity contribution < 1.29 is 24.3 Å². The summed E-state index contributed by atoms with van der Waals surface area (Å²) >= 11 is 0. The molecule has 6 nitrogen and oxygen atoms in total. The van der Waals surface area contributed by atoms with Crippen molar-refractivity contribution in [1.29, 1.82) is 0 Å². The molecule has 1 aromatic rings. The Morgan fingerprint density at radius 2 is 1.79 bits per heavy atom. The van der Waals surface area contributed by atoms with Gasteiger partial charge in [-0.15, -0.1) is 0 Å². The Morgan fingerprint density at radius 1 is 1.18 bits per heavy atom. The molecule has 3 aliphatic rings. The maximum absolute atomic E-state index is 12.6. The number of likely N-dealkylation sites (tertiary alicyclic amines) is 1. The number of primary amides is 1. The summed E-state index contributed by atoms with van der Waals surface area (Å²) in [6, 6.07) is 3.21. The zero-order chi connectivity index (χ0) is 25.2. The predicted octanol–water partition coefficient (Wildman–Crippen LogP) is 4.22. The van der Waals surface area contributed by atoms with Crippen LogP contribution in [-0.4, -0.2) is 58.2 Å². The third-order valence-corrected chi connectivity index (χ3v) is 8.29. The van der Waals surface area contributed by atoms with Gasteiger partial charge in [-0.2, -0.15) is 0 Å². The minimum absolute atomic E-state index is 0.0498. The first-order valence-corrected chi connectivity index (χ1v) is 12.8. The molecular formula is C27H45N2O4+. The molecule has 0 aromatic heterocycles. The van der Waals surface area contributed by atoms with Crippen LogP contribution in [0, 0.1) is 12.8 Å². The monoisotopic (exact) mass is 461 g/mol. The van der Waals surface area contributed by atoms with Crippen LogP contribution in [0.2, 0.25) is 0 Å². The van der Waals surface area contributed by atoms with E-state index in [-0.39, 0.29) is 29.6 Å². The number of nitrogens with zero attached hydrogens (tertiary/aromatic N) is 1. The van der Waals surface area contributed by atoms with Gasteiger partial charge in [0.2, 0.25) is 0 Å². The molecule has 1 saturated heterocycles. The molecule has 0 radical (unpaired) electrons. The first kappa shape index (κ1) is 27.3. The Morgan fingerprint density at radius 3 is 2.33 bits per heavy atom. The van der Waals surface area contributed by atoms with Crippen molar-refractivity contribution in [2.24, 2.45) is 11.7 Å². The number of fused-ring (bicyclic) bond motifs is 1.